The maximum absolute atomic E-state index is 5.41. The maximum atomic E-state index is 5.41. The molecule has 1 aromatic heterocycles. The molecular formula is C12H21N5. The topological polar surface area (TPSA) is 75.9 Å². The van der Waals surface area contributed by atoms with E-state index >= 15 is 0 Å². The predicted octanol–water partition coefficient (Wildman–Crippen LogP) is 1.78. The second-order valence-corrected chi connectivity index (χ2v) is 4.80. The number of anilines is 2. The molecular weight excluding hydrogens is 214 g/mol. The smallest absolute Gasteiger partial charge is 0.145 e. The average Bonchev–Trinajstić information content (AvgIpc) is 3.03. The third-order valence-corrected chi connectivity index (χ3v) is 3.22. The van der Waals surface area contributed by atoms with Crippen molar-refractivity contribution in [2.45, 2.75) is 33.1 Å². The molecule has 0 radical (unpaired) electrons. The summed E-state index contributed by atoms with van der Waals surface area (Å²) >= 11 is 0. The molecule has 0 spiro atoms. The molecule has 0 aromatic carbocycles. The van der Waals surface area contributed by atoms with Crippen LogP contribution in [0, 0.1) is 11.8 Å². The minimum Gasteiger partial charge on any atom is -0.370 e. The Morgan fingerprint density at radius 3 is 2.71 bits per heavy atom. The minimum atomic E-state index is 0.676. The highest BCUT2D eigenvalue weighted by Crippen LogP contribution is 2.37. The number of hydrazine groups is 1. The van der Waals surface area contributed by atoms with E-state index in [0.717, 1.165) is 42.9 Å². The first-order valence-electron chi connectivity index (χ1n) is 6.31. The summed E-state index contributed by atoms with van der Waals surface area (Å²) < 4.78 is 0. The molecule has 5 nitrogen and oxygen atoms in total. The molecule has 2 atom stereocenters. The van der Waals surface area contributed by atoms with Crippen LogP contribution in [0.25, 0.3) is 0 Å². The molecule has 1 fully saturated rings. The quantitative estimate of drug-likeness (QED) is 0.517. The molecule has 0 saturated heterocycles. The van der Waals surface area contributed by atoms with Gasteiger partial charge in [-0.2, -0.15) is 0 Å². The van der Waals surface area contributed by atoms with Crippen molar-refractivity contribution in [2.24, 2.45) is 17.7 Å². The van der Waals surface area contributed by atoms with E-state index in [1.165, 1.54) is 6.42 Å². The SMILES string of the molecule is CCCc1nc(NN)cc(NCC2CC2C)n1. The summed E-state index contributed by atoms with van der Waals surface area (Å²) in [5.74, 6) is 9.45. The molecule has 0 aliphatic heterocycles. The van der Waals surface area contributed by atoms with Gasteiger partial charge in [-0.1, -0.05) is 13.8 Å². The number of nitrogens with two attached hydrogens (primary N) is 1. The Bertz CT molecular complexity index is 379. The predicted molar refractivity (Wildman–Crippen MR) is 69.6 cm³/mol. The Morgan fingerprint density at radius 2 is 2.12 bits per heavy atom. The summed E-state index contributed by atoms with van der Waals surface area (Å²) in [5, 5.41) is 3.36. The second kappa shape index (κ2) is 5.31. The number of aryl methyl sites for hydroxylation is 1. The normalized spacial score (nSPS) is 22.3. The summed E-state index contributed by atoms with van der Waals surface area (Å²) in [6.07, 6.45) is 3.24. The zero-order valence-electron chi connectivity index (χ0n) is 10.5. The lowest BCUT2D eigenvalue weighted by molar-refractivity contribution is 0.779. The van der Waals surface area contributed by atoms with Crippen molar-refractivity contribution in [3.05, 3.63) is 11.9 Å². The second-order valence-electron chi connectivity index (χ2n) is 4.80. The van der Waals surface area contributed by atoms with Gasteiger partial charge in [0, 0.05) is 19.0 Å². The highest BCUT2D eigenvalue weighted by atomic mass is 15.3. The van der Waals surface area contributed by atoms with Crippen LogP contribution in [0.5, 0.6) is 0 Å². The van der Waals surface area contributed by atoms with Gasteiger partial charge in [0.2, 0.25) is 0 Å². The summed E-state index contributed by atoms with van der Waals surface area (Å²) in [5.41, 5.74) is 2.59. The fraction of sp³-hybridized carbons (Fsp3) is 0.667. The summed E-state index contributed by atoms with van der Waals surface area (Å²) in [6, 6.07) is 1.85. The van der Waals surface area contributed by atoms with Gasteiger partial charge in [0.1, 0.15) is 17.5 Å². The van der Waals surface area contributed by atoms with Gasteiger partial charge in [-0.15, -0.1) is 0 Å². The van der Waals surface area contributed by atoms with E-state index in [9.17, 15) is 0 Å². The number of aromatic nitrogens is 2. The van der Waals surface area contributed by atoms with Crippen molar-refractivity contribution in [2.75, 3.05) is 17.3 Å². The minimum absolute atomic E-state index is 0.676. The van der Waals surface area contributed by atoms with Gasteiger partial charge in [0.25, 0.3) is 0 Å². The monoisotopic (exact) mass is 235 g/mol. The van der Waals surface area contributed by atoms with E-state index in [2.05, 4.69) is 34.6 Å². The summed E-state index contributed by atoms with van der Waals surface area (Å²) in [6.45, 7) is 5.39. The fourth-order valence-corrected chi connectivity index (χ4v) is 1.92. The van der Waals surface area contributed by atoms with Gasteiger partial charge >= 0.3 is 0 Å². The van der Waals surface area contributed by atoms with Gasteiger partial charge < -0.3 is 10.7 Å². The summed E-state index contributed by atoms with van der Waals surface area (Å²) in [7, 11) is 0. The number of nitrogens with one attached hydrogen (secondary N) is 2. The number of nitrogens with zero attached hydrogens (tertiary/aromatic N) is 2. The number of hydrogen-bond donors (Lipinski definition) is 3. The first-order chi connectivity index (χ1) is 8.22. The summed E-state index contributed by atoms with van der Waals surface area (Å²) in [4.78, 5) is 8.79. The van der Waals surface area contributed by atoms with Crippen LogP contribution >= 0.6 is 0 Å². The Hall–Kier alpha value is -1.36. The van der Waals surface area contributed by atoms with Crippen molar-refractivity contribution < 1.29 is 0 Å². The molecule has 1 aromatic rings. The maximum Gasteiger partial charge on any atom is 0.145 e. The Kier molecular flexibility index (Phi) is 3.78. The third kappa shape index (κ3) is 3.30. The van der Waals surface area contributed by atoms with Crippen molar-refractivity contribution in [1.82, 2.24) is 9.97 Å². The molecule has 4 N–H and O–H groups in total. The van der Waals surface area contributed by atoms with E-state index in [1.54, 1.807) is 0 Å². The van der Waals surface area contributed by atoms with E-state index in [-0.39, 0.29) is 0 Å². The molecule has 0 amide bonds. The van der Waals surface area contributed by atoms with Crippen molar-refractivity contribution in [3.8, 4) is 0 Å². The van der Waals surface area contributed by atoms with Crippen molar-refractivity contribution in [3.63, 3.8) is 0 Å². The van der Waals surface area contributed by atoms with Gasteiger partial charge in [0.05, 0.1) is 0 Å². The lowest BCUT2D eigenvalue weighted by atomic mass is 10.3. The molecule has 1 saturated carbocycles. The van der Waals surface area contributed by atoms with Gasteiger partial charge in [-0.3, -0.25) is 0 Å². The number of rotatable bonds is 6. The number of hydrogen-bond acceptors (Lipinski definition) is 5. The molecule has 1 heterocycles. The fourth-order valence-electron chi connectivity index (χ4n) is 1.92. The Balaban J connectivity index is 2.00. The zero-order valence-corrected chi connectivity index (χ0v) is 10.5. The largest absolute Gasteiger partial charge is 0.370 e. The van der Waals surface area contributed by atoms with Crippen LogP contribution in [0.3, 0.4) is 0 Å². The van der Waals surface area contributed by atoms with Crippen LogP contribution < -0.4 is 16.6 Å². The van der Waals surface area contributed by atoms with Crippen LogP contribution in [-0.4, -0.2) is 16.5 Å². The van der Waals surface area contributed by atoms with E-state index in [1.807, 2.05) is 6.07 Å². The van der Waals surface area contributed by atoms with Crippen molar-refractivity contribution in [1.29, 1.82) is 0 Å². The highest BCUT2D eigenvalue weighted by Gasteiger charge is 2.31. The van der Waals surface area contributed by atoms with Crippen molar-refractivity contribution >= 4 is 11.6 Å². The lowest BCUT2D eigenvalue weighted by Gasteiger charge is -2.09. The molecule has 5 heteroatoms. The lowest BCUT2D eigenvalue weighted by Crippen LogP contribution is -2.13. The number of nitrogen functional groups attached to an aromatic ring is 1. The standard InChI is InChI=1S/C12H21N5/c1-3-4-10-15-11(6-12(16-10)17-13)14-7-9-5-8(9)2/h6,8-9H,3-5,7,13H2,1-2H3,(H2,14,15,16,17). The van der Waals surface area contributed by atoms with Gasteiger partial charge in [-0.05, 0) is 24.7 Å². The molecule has 2 unspecified atom stereocenters. The highest BCUT2D eigenvalue weighted by molar-refractivity contribution is 5.47. The van der Waals surface area contributed by atoms with E-state index in [4.69, 9.17) is 5.84 Å². The van der Waals surface area contributed by atoms with E-state index in [0.29, 0.717) is 5.82 Å². The van der Waals surface area contributed by atoms with Gasteiger partial charge in [-0.25, -0.2) is 15.8 Å². The first kappa shape index (κ1) is 12.1. The third-order valence-electron chi connectivity index (χ3n) is 3.22. The van der Waals surface area contributed by atoms with E-state index < -0.39 is 0 Å². The van der Waals surface area contributed by atoms with Crippen LogP contribution in [0.1, 0.15) is 32.5 Å². The molecule has 17 heavy (non-hydrogen) atoms. The Morgan fingerprint density at radius 1 is 1.41 bits per heavy atom. The molecule has 1 aliphatic carbocycles. The Labute approximate surface area is 102 Å². The zero-order chi connectivity index (χ0) is 12.3. The van der Waals surface area contributed by atoms with Gasteiger partial charge in [0.15, 0.2) is 0 Å². The molecule has 0 bridgehead atoms. The first-order valence-corrected chi connectivity index (χ1v) is 6.31. The molecule has 94 valence electrons. The molecule has 1 aliphatic rings. The molecule has 2 rings (SSSR count). The average molecular weight is 235 g/mol. The van der Waals surface area contributed by atoms with Crippen LogP contribution in [0.2, 0.25) is 0 Å². The van der Waals surface area contributed by atoms with Crippen LogP contribution in [0.4, 0.5) is 11.6 Å². The van der Waals surface area contributed by atoms with Crippen LogP contribution in [0.15, 0.2) is 6.07 Å². The van der Waals surface area contributed by atoms with Crippen LogP contribution in [-0.2, 0) is 6.42 Å².